The van der Waals surface area contributed by atoms with Crippen LogP contribution in [0.25, 0.3) is 0 Å². The van der Waals surface area contributed by atoms with Gasteiger partial charge in [0.15, 0.2) is 0 Å². The van der Waals surface area contributed by atoms with Crippen LogP contribution in [0.3, 0.4) is 0 Å². The smallest absolute Gasteiger partial charge is 0.0844 e. The molecule has 0 amide bonds. The molecule has 2 unspecified atom stereocenters. The first kappa shape index (κ1) is 7.80. The van der Waals surface area contributed by atoms with E-state index >= 15 is 0 Å². The molecular formula is C9H16O. The van der Waals surface area contributed by atoms with Crippen molar-refractivity contribution in [1.82, 2.24) is 0 Å². The van der Waals surface area contributed by atoms with E-state index in [0.717, 1.165) is 0 Å². The zero-order valence-electron chi connectivity index (χ0n) is 6.84. The molecule has 0 N–H and O–H groups in total. The van der Waals surface area contributed by atoms with Gasteiger partial charge in [-0.3, -0.25) is 0 Å². The highest BCUT2D eigenvalue weighted by molar-refractivity contribution is 4.88. The standard InChI is InChI=1S/C9H16O/c1-4-8(5-2)6-9-7(3)10-9/h4,7-9H,1,5-6H2,2-3H3/t7?,8?,9-/m0/s1. The van der Waals surface area contributed by atoms with E-state index in [9.17, 15) is 0 Å². The number of rotatable bonds is 4. The van der Waals surface area contributed by atoms with Gasteiger partial charge in [0.05, 0.1) is 12.2 Å². The topological polar surface area (TPSA) is 12.5 Å². The summed E-state index contributed by atoms with van der Waals surface area (Å²) in [6.07, 6.45) is 5.43. The van der Waals surface area contributed by atoms with E-state index in [1.54, 1.807) is 0 Å². The van der Waals surface area contributed by atoms with E-state index < -0.39 is 0 Å². The summed E-state index contributed by atoms with van der Waals surface area (Å²) in [6, 6.07) is 0. The summed E-state index contributed by atoms with van der Waals surface area (Å²) in [6.45, 7) is 8.10. The summed E-state index contributed by atoms with van der Waals surface area (Å²) in [4.78, 5) is 0. The van der Waals surface area contributed by atoms with Gasteiger partial charge in [0.25, 0.3) is 0 Å². The van der Waals surface area contributed by atoms with Crippen LogP contribution in [0.1, 0.15) is 26.7 Å². The van der Waals surface area contributed by atoms with Gasteiger partial charge in [0.2, 0.25) is 0 Å². The molecule has 1 saturated heterocycles. The van der Waals surface area contributed by atoms with Crippen molar-refractivity contribution in [2.75, 3.05) is 0 Å². The molecule has 1 rings (SSSR count). The molecule has 58 valence electrons. The molecule has 1 fully saturated rings. The van der Waals surface area contributed by atoms with Crippen LogP contribution in [-0.4, -0.2) is 12.2 Å². The van der Waals surface area contributed by atoms with Crippen molar-refractivity contribution in [1.29, 1.82) is 0 Å². The second kappa shape index (κ2) is 3.20. The second-order valence-electron chi connectivity index (χ2n) is 3.02. The summed E-state index contributed by atoms with van der Waals surface area (Å²) in [5.74, 6) is 0.662. The van der Waals surface area contributed by atoms with E-state index in [1.165, 1.54) is 12.8 Å². The molecule has 1 heteroatoms. The first-order valence-electron chi connectivity index (χ1n) is 4.06. The predicted octanol–water partition coefficient (Wildman–Crippen LogP) is 2.38. The molecule has 0 aromatic rings. The lowest BCUT2D eigenvalue weighted by Gasteiger charge is -2.05. The van der Waals surface area contributed by atoms with E-state index in [-0.39, 0.29) is 0 Å². The minimum Gasteiger partial charge on any atom is -0.370 e. The third-order valence-electron chi connectivity index (χ3n) is 2.23. The molecule has 1 aliphatic heterocycles. The van der Waals surface area contributed by atoms with Gasteiger partial charge in [-0.15, -0.1) is 6.58 Å². The molecule has 0 bridgehead atoms. The molecule has 10 heavy (non-hydrogen) atoms. The molecule has 3 atom stereocenters. The van der Waals surface area contributed by atoms with Crippen molar-refractivity contribution in [3.05, 3.63) is 12.7 Å². The van der Waals surface area contributed by atoms with Gasteiger partial charge < -0.3 is 4.74 Å². The second-order valence-corrected chi connectivity index (χ2v) is 3.02. The molecule has 0 aromatic carbocycles. The van der Waals surface area contributed by atoms with Crippen LogP contribution < -0.4 is 0 Å². The highest BCUT2D eigenvalue weighted by Crippen LogP contribution is 2.29. The van der Waals surface area contributed by atoms with Crippen LogP contribution in [0.4, 0.5) is 0 Å². The molecule has 1 heterocycles. The summed E-state index contributed by atoms with van der Waals surface area (Å²) in [5.41, 5.74) is 0. The molecule has 0 radical (unpaired) electrons. The molecule has 0 aromatic heterocycles. The number of allylic oxidation sites excluding steroid dienone is 1. The van der Waals surface area contributed by atoms with E-state index in [0.29, 0.717) is 18.1 Å². The monoisotopic (exact) mass is 140 g/mol. The molecular weight excluding hydrogens is 124 g/mol. The Kier molecular flexibility index (Phi) is 2.50. The summed E-state index contributed by atoms with van der Waals surface area (Å²) >= 11 is 0. The largest absolute Gasteiger partial charge is 0.370 e. The van der Waals surface area contributed by atoms with Crippen molar-refractivity contribution in [3.8, 4) is 0 Å². The van der Waals surface area contributed by atoms with Crippen molar-refractivity contribution in [2.24, 2.45) is 5.92 Å². The highest BCUT2D eigenvalue weighted by Gasteiger charge is 2.34. The van der Waals surface area contributed by atoms with Crippen LogP contribution in [0, 0.1) is 5.92 Å². The lowest BCUT2D eigenvalue weighted by Crippen LogP contribution is -2.00. The first-order chi connectivity index (χ1) is 4.77. The number of ether oxygens (including phenoxy) is 1. The van der Waals surface area contributed by atoms with E-state index in [4.69, 9.17) is 4.74 Å². The number of hydrogen-bond acceptors (Lipinski definition) is 1. The van der Waals surface area contributed by atoms with Crippen LogP contribution in [-0.2, 0) is 4.74 Å². The lowest BCUT2D eigenvalue weighted by molar-refractivity contribution is 0.352. The summed E-state index contributed by atoms with van der Waals surface area (Å²) in [5, 5.41) is 0. The molecule has 0 spiro atoms. The Balaban J connectivity index is 2.16. The number of hydrogen-bond donors (Lipinski definition) is 0. The fraction of sp³-hybridized carbons (Fsp3) is 0.778. The average Bonchev–Trinajstić information content (AvgIpc) is 2.62. The highest BCUT2D eigenvalue weighted by atomic mass is 16.6. The summed E-state index contributed by atoms with van der Waals surface area (Å²) in [7, 11) is 0. The Morgan fingerprint density at radius 2 is 2.30 bits per heavy atom. The van der Waals surface area contributed by atoms with Crippen molar-refractivity contribution >= 4 is 0 Å². The molecule has 1 aliphatic rings. The molecule has 0 aliphatic carbocycles. The SMILES string of the molecule is C=CC(CC)C[C@@H]1OC1C. The molecule has 1 nitrogen and oxygen atoms in total. The lowest BCUT2D eigenvalue weighted by atomic mass is 10.00. The number of epoxide rings is 1. The maximum atomic E-state index is 5.30. The van der Waals surface area contributed by atoms with Crippen LogP contribution in [0.2, 0.25) is 0 Å². The van der Waals surface area contributed by atoms with E-state index in [2.05, 4.69) is 20.4 Å². The molecule has 0 saturated carbocycles. The average molecular weight is 140 g/mol. The van der Waals surface area contributed by atoms with Crippen molar-refractivity contribution < 1.29 is 4.74 Å². The minimum absolute atomic E-state index is 0.508. The third kappa shape index (κ3) is 1.84. The zero-order chi connectivity index (χ0) is 7.56. The zero-order valence-corrected chi connectivity index (χ0v) is 6.84. The van der Waals surface area contributed by atoms with Crippen LogP contribution in [0.15, 0.2) is 12.7 Å². The predicted molar refractivity (Wildman–Crippen MR) is 42.9 cm³/mol. The van der Waals surface area contributed by atoms with Gasteiger partial charge in [-0.05, 0) is 25.7 Å². The normalized spacial score (nSPS) is 33.4. The van der Waals surface area contributed by atoms with Gasteiger partial charge in [-0.1, -0.05) is 13.0 Å². The maximum Gasteiger partial charge on any atom is 0.0844 e. The van der Waals surface area contributed by atoms with Gasteiger partial charge in [0, 0.05) is 0 Å². The van der Waals surface area contributed by atoms with Gasteiger partial charge >= 0.3 is 0 Å². The first-order valence-corrected chi connectivity index (χ1v) is 4.06. The fourth-order valence-corrected chi connectivity index (χ4v) is 1.21. The Labute approximate surface area is 63.1 Å². The minimum atomic E-state index is 0.508. The Morgan fingerprint density at radius 1 is 1.70 bits per heavy atom. The van der Waals surface area contributed by atoms with Crippen LogP contribution in [0.5, 0.6) is 0 Å². The maximum absolute atomic E-state index is 5.30. The van der Waals surface area contributed by atoms with Gasteiger partial charge in [-0.25, -0.2) is 0 Å². The Morgan fingerprint density at radius 3 is 2.60 bits per heavy atom. The van der Waals surface area contributed by atoms with Gasteiger partial charge in [-0.2, -0.15) is 0 Å². The van der Waals surface area contributed by atoms with Crippen molar-refractivity contribution in [2.45, 2.75) is 38.9 Å². The Hall–Kier alpha value is -0.300. The van der Waals surface area contributed by atoms with Gasteiger partial charge in [0.1, 0.15) is 0 Å². The fourth-order valence-electron chi connectivity index (χ4n) is 1.21. The van der Waals surface area contributed by atoms with Crippen LogP contribution >= 0.6 is 0 Å². The Bertz CT molecular complexity index is 120. The van der Waals surface area contributed by atoms with Crippen molar-refractivity contribution in [3.63, 3.8) is 0 Å². The third-order valence-corrected chi connectivity index (χ3v) is 2.23. The van der Waals surface area contributed by atoms with E-state index in [1.807, 2.05) is 6.08 Å². The summed E-state index contributed by atoms with van der Waals surface area (Å²) < 4.78 is 5.30. The quantitative estimate of drug-likeness (QED) is 0.431.